The number of rotatable bonds is 2. The van der Waals surface area contributed by atoms with Crippen molar-refractivity contribution in [2.75, 3.05) is 12.0 Å². The molecular weight excluding hydrogens is 244 g/mol. The van der Waals surface area contributed by atoms with E-state index in [0.29, 0.717) is 0 Å². The first-order chi connectivity index (χ1) is 8.57. The Morgan fingerprint density at radius 2 is 1.89 bits per heavy atom. The second kappa shape index (κ2) is 6.40. The molecule has 0 fully saturated rings. The molecule has 0 saturated heterocycles. The summed E-state index contributed by atoms with van der Waals surface area (Å²) in [6.45, 7) is 0. The average Bonchev–Trinajstić information content (AvgIpc) is 2.39. The quantitative estimate of drug-likeness (QED) is 0.462. The van der Waals surface area contributed by atoms with Crippen molar-refractivity contribution in [3.8, 4) is 23.3 Å². The molecule has 1 atom stereocenters. The minimum Gasteiger partial charge on any atom is -0.192 e. The first-order valence-electron chi connectivity index (χ1n) is 5.12. The summed E-state index contributed by atoms with van der Waals surface area (Å²) in [6.07, 6.45) is 2.88. The van der Waals surface area contributed by atoms with E-state index in [2.05, 4.69) is 11.2 Å². The first-order valence-corrected chi connectivity index (χ1v) is 7.26. The van der Waals surface area contributed by atoms with Gasteiger partial charge in [-0.2, -0.15) is 10.5 Å². The zero-order chi connectivity index (χ0) is 13.4. The van der Waals surface area contributed by atoms with Crippen LogP contribution in [0.1, 0.15) is 5.56 Å². The van der Waals surface area contributed by atoms with E-state index in [1.807, 2.05) is 30.3 Å². The molecule has 4 heteroatoms. The Hall–Kier alpha value is -2.35. The lowest BCUT2D eigenvalue weighted by atomic mass is 10.2. The van der Waals surface area contributed by atoms with Crippen molar-refractivity contribution in [3.05, 3.63) is 47.5 Å². The maximum absolute atomic E-state index is 12.1. The Balaban J connectivity index is 2.83. The van der Waals surface area contributed by atoms with Gasteiger partial charge in [0.15, 0.2) is 15.2 Å². The molecule has 0 bridgehead atoms. The molecule has 1 aromatic rings. The van der Waals surface area contributed by atoms with Crippen LogP contribution in [0.4, 0.5) is 0 Å². The summed E-state index contributed by atoms with van der Waals surface area (Å²) in [5.41, 5.74) is 0.753. The van der Waals surface area contributed by atoms with Gasteiger partial charge in [-0.15, -0.1) is 0 Å². The second-order valence-electron chi connectivity index (χ2n) is 3.61. The number of hydrogen-bond donors (Lipinski definition) is 0. The fourth-order valence-corrected chi connectivity index (χ4v) is 1.99. The molecule has 0 radical (unpaired) electrons. The van der Waals surface area contributed by atoms with E-state index in [4.69, 9.17) is 10.5 Å². The zero-order valence-electron chi connectivity index (χ0n) is 9.88. The minimum absolute atomic E-state index is 0.0360. The number of hydrogen-bond acceptors (Lipinski definition) is 3. The molecule has 0 aliphatic carbocycles. The van der Waals surface area contributed by atoms with Crippen LogP contribution in [-0.2, 0) is 14.1 Å². The summed E-state index contributed by atoms with van der Waals surface area (Å²) in [5, 5.41) is 19.8. The van der Waals surface area contributed by atoms with Crippen molar-refractivity contribution in [2.45, 2.75) is 0 Å². The molecule has 18 heavy (non-hydrogen) atoms. The topological polar surface area (TPSA) is 64.7 Å². The molecule has 0 heterocycles. The lowest BCUT2D eigenvalue weighted by molar-refractivity contribution is 0.595. The predicted octanol–water partition coefficient (Wildman–Crippen LogP) is 2.10. The van der Waals surface area contributed by atoms with Crippen LogP contribution in [0.5, 0.6) is 0 Å². The molecule has 0 aromatic heterocycles. The van der Waals surface area contributed by atoms with E-state index in [0.717, 1.165) is 5.56 Å². The Bertz CT molecular complexity index is 620. The molecule has 88 valence electrons. The minimum atomic E-state index is -2.38. The summed E-state index contributed by atoms with van der Waals surface area (Å²) in [4.78, 5) is 0. The van der Waals surface area contributed by atoms with Crippen molar-refractivity contribution in [3.63, 3.8) is 0 Å². The van der Waals surface area contributed by atoms with Gasteiger partial charge in [-0.1, -0.05) is 22.4 Å². The normalized spacial score (nSPS) is 11.9. The van der Waals surface area contributed by atoms with E-state index in [-0.39, 0.29) is 11.3 Å². The lowest BCUT2D eigenvalue weighted by Crippen LogP contribution is -2.08. The third-order valence-electron chi connectivity index (χ3n) is 2.03. The number of allylic oxidation sites excluding steroid dienone is 1. The Kier molecular flexibility index (Phi) is 4.88. The average molecular weight is 255 g/mol. The van der Waals surface area contributed by atoms with E-state index in [1.54, 1.807) is 12.1 Å². The van der Waals surface area contributed by atoms with Gasteiger partial charge in [-0.05, 0) is 24.1 Å². The van der Waals surface area contributed by atoms with E-state index in [1.165, 1.54) is 12.3 Å². The third kappa shape index (κ3) is 4.66. The fourth-order valence-electron chi connectivity index (χ4n) is 1.09. The molecule has 0 amide bonds. The van der Waals surface area contributed by atoms with Crippen molar-refractivity contribution in [1.82, 2.24) is 0 Å². The number of benzene rings is 1. The third-order valence-corrected chi connectivity index (χ3v) is 3.37. The first kappa shape index (κ1) is 13.7. The number of nitriles is 2. The fraction of sp³-hybridized carbons (Fsp3) is 0.143. The van der Waals surface area contributed by atoms with Gasteiger partial charge in [0.1, 0.15) is 29.7 Å². The SMILES string of the molecule is C[S+](=O)(C#Cc1ccccc1)CC=C(C#N)C#N. The van der Waals surface area contributed by atoms with Gasteiger partial charge in [-0.25, -0.2) is 0 Å². The van der Waals surface area contributed by atoms with E-state index < -0.39 is 9.93 Å². The Morgan fingerprint density at radius 3 is 2.44 bits per heavy atom. The Morgan fingerprint density at radius 1 is 1.28 bits per heavy atom. The van der Waals surface area contributed by atoms with Crippen LogP contribution in [0.25, 0.3) is 0 Å². The van der Waals surface area contributed by atoms with Crippen LogP contribution >= 0.6 is 0 Å². The summed E-state index contributed by atoms with van der Waals surface area (Å²) in [6, 6.07) is 12.7. The van der Waals surface area contributed by atoms with Crippen LogP contribution < -0.4 is 0 Å². The summed E-state index contributed by atoms with van der Waals surface area (Å²) >= 11 is 0. The maximum Gasteiger partial charge on any atom is 0.161 e. The molecule has 0 spiro atoms. The molecule has 0 aliphatic rings. The lowest BCUT2D eigenvalue weighted by Gasteiger charge is -1.93. The molecule has 1 aromatic carbocycles. The van der Waals surface area contributed by atoms with Gasteiger partial charge in [0, 0.05) is 5.56 Å². The molecule has 3 nitrogen and oxygen atoms in total. The molecule has 1 unspecified atom stereocenters. The molecule has 0 N–H and O–H groups in total. The summed E-state index contributed by atoms with van der Waals surface area (Å²) in [5.74, 6) is 2.94. The predicted molar refractivity (Wildman–Crippen MR) is 71.5 cm³/mol. The highest BCUT2D eigenvalue weighted by Crippen LogP contribution is 2.03. The summed E-state index contributed by atoms with van der Waals surface area (Å²) in [7, 11) is -2.38. The Labute approximate surface area is 108 Å². The second-order valence-corrected chi connectivity index (χ2v) is 6.15. The van der Waals surface area contributed by atoms with Crippen molar-refractivity contribution in [2.24, 2.45) is 0 Å². The monoisotopic (exact) mass is 255 g/mol. The van der Waals surface area contributed by atoms with E-state index in [9.17, 15) is 4.21 Å². The molecule has 0 aliphatic heterocycles. The van der Waals surface area contributed by atoms with Gasteiger partial charge in [0.05, 0.1) is 0 Å². The van der Waals surface area contributed by atoms with E-state index >= 15 is 0 Å². The van der Waals surface area contributed by atoms with Gasteiger partial charge >= 0.3 is 0 Å². The van der Waals surface area contributed by atoms with Crippen LogP contribution in [-0.4, -0.2) is 12.0 Å². The highest BCUT2D eigenvalue weighted by molar-refractivity contribution is 8.06. The van der Waals surface area contributed by atoms with Crippen LogP contribution in [0.15, 0.2) is 42.0 Å². The van der Waals surface area contributed by atoms with Gasteiger partial charge in [-0.3, -0.25) is 0 Å². The highest BCUT2D eigenvalue weighted by Gasteiger charge is 2.16. The molecular formula is C14H11N2OS+. The van der Waals surface area contributed by atoms with Gasteiger partial charge in [0.25, 0.3) is 0 Å². The smallest absolute Gasteiger partial charge is 0.161 e. The standard InChI is InChI=1S/C14H11N2OS/c1-18(17,10-8-14(11-15)12-16)9-7-13-5-3-2-4-6-13/h2-6,8H,10H2,1H3/q+1. The summed E-state index contributed by atoms with van der Waals surface area (Å²) < 4.78 is 12.1. The highest BCUT2D eigenvalue weighted by atomic mass is 32.2. The van der Waals surface area contributed by atoms with Gasteiger partial charge < -0.3 is 0 Å². The van der Waals surface area contributed by atoms with Crippen LogP contribution in [0.2, 0.25) is 0 Å². The maximum atomic E-state index is 12.1. The number of nitrogens with zero attached hydrogens (tertiary/aromatic N) is 2. The van der Waals surface area contributed by atoms with Gasteiger partial charge in [0.2, 0.25) is 0 Å². The molecule has 1 rings (SSSR count). The van der Waals surface area contributed by atoms with Crippen molar-refractivity contribution < 1.29 is 4.21 Å². The molecule has 0 saturated carbocycles. The zero-order valence-corrected chi connectivity index (χ0v) is 10.7. The van der Waals surface area contributed by atoms with Crippen molar-refractivity contribution in [1.29, 1.82) is 10.5 Å². The van der Waals surface area contributed by atoms with Crippen molar-refractivity contribution >= 4 is 9.93 Å². The largest absolute Gasteiger partial charge is 0.192 e. The van der Waals surface area contributed by atoms with Crippen LogP contribution in [0.3, 0.4) is 0 Å². The van der Waals surface area contributed by atoms with Crippen LogP contribution in [0, 0.1) is 33.8 Å².